The quantitative estimate of drug-likeness (QED) is 0.568. The number of likely N-dealkylation sites (tertiary alicyclic amines) is 1. The van der Waals surface area contributed by atoms with Gasteiger partial charge < -0.3 is 24.8 Å². The van der Waals surface area contributed by atoms with Gasteiger partial charge in [0, 0.05) is 39.0 Å². The molecular weight excluding hydrogens is 448 g/mol. The van der Waals surface area contributed by atoms with Crippen molar-refractivity contribution in [3.63, 3.8) is 0 Å². The molecule has 1 saturated heterocycles. The molecule has 2 amide bonds. The molecule has 35 heavy (non-hydrogen) atoms. The number of alkyl carbamates (subject to hydrolysis) is 1. The molecule has 0 spiro atoms. The van der Waals surface area contributed by atoms with E-state index in [9.17, 15) is 19.5 Å². The van der Waals surface area contributed by atoms with E-state index in [0.717, 1.165) is 11.1 Å². The largest absolute Gasteiger partial charge is 0.480 e. The van der Waals surface area contributed by atoms with E-state index in [1.807, 2.05) is 31.2 Å². The van der Waals surface area contributed by atoms with Gasteiger partial charge in [-0.15, -0.1) is 0 Å². The molecule has 8 nitrogen and oxygen atoms in total. The molecule has 2 aliphatic rings. The molecular formula is C27H32N2O6. The van der Waals surface area contributed by atoms with Crippen LogP contribution in [-0.4, -0.2) is 66.9 Å². The fraction of sp³-hybridized carbons (Fsp3) is 0.444. The van der Waals surface area contributed by atoms with Crippen LogP contribution in [0.1, 0.15) is 43.2 Å². The minimum absolute atomic E-state index is 0.00163. The van der Waals surface area contributed by atoms with Crippen molar-refractivity contribution in [2.45, 2.75) is 44.2 Å². The number of hydrogen-bond donors (Lipinski definition) is 2. The molecule has 4 rings (SSSR count). The molecule has 8 heteroatoms. The van der Waals surface area contributed by atoms with E-state index >= 15 is 0 Å². The summed E-state index contributed by atoms with van der Waals surface area (Å²) in [5, 5.41) is 12.2. The summed E-state index contributed by atoms with van der Waals surface area (Å²) in [5.74, 6) is -1.18. The predicted molar refractivity (Wildman–Crippen MR) is 130 cm³/mol. The van der Waals surface area contributed by atoms with Gasteiger partial charge in [-0.2, -0.15) is 0 Å². The summed E-state index contributed by atoms with van der Waals surface area (Å²) in [7, 11) is 1.52. The Morgan fingerprint density at radius 2 is 1.71 bits per heavy atom. The summed E-state index contributed by atoms with van der Waals surface area (Å²) >= 11 is 0. The molecule has 1 fully saturated rings. The number of nitrogens with one attached hydrogen (secondary N) is 1. The van der Waals surface area contributed by atoms with Crippen LogP contribution >= 0.6 is 0 Å². The van der Waals surface area contributed by atoms with E-state index in [1.165, 1.54) is 23.1 Å². The van der Waals surface area contributed by atoms with Crippen molar-refractivity contribution in [2.75, 3.05) is 26.8 Å². The van der Waals surface area contributed by atoms with Gasteiger partial charge in [0.25, 0.3) is 0 Å². The van der Waals surface area contributed by atoms with Crippen LogP contribution in [0.3, 0.4) is 0 Å². The van der Waals surface area contributed by atoms with Crippen LogP contribution in [0, 0.1) is 5.92 Å². The van der Waals surface area contributed by atoms with E-state index in [0.29, 0.717) is 25.9 Å². The van der Waals surface area contributed by atoms with E-state index in [2.05, 4.69) is 29.6 Å². The molecule has 1 aliphatic heterocycles. The Labute approximate surface area is 205 Å². The number of rotatable bonds is 9. The monoisotopic (exact) mass is 480 g/mol. The molecule has 3 atom stereocenters. The van der Waals surface area contributed by atoms with Gasteiger partial charge in [-0.3, -0.25) is 4.79 Å². The van der Waals surface area contributed by atoms with E-state index < -0.39 is 18.1 Å². The van der Waals surface area contributed by atoms with Crippen molar-refractivity contribution in [1.82, 2.24) is 10.2 Å². The van der Waals surface area contributed by atoms with Crippen molar-refractivity contribution >= 4 is 18.0 Å². The number of nitrogens with zero attached hydrogens (tertiary/aromatic N) is 1. The number of hydrogen-bond acceptors (Lipinski definition) is 5. The SMILES string of the molecule is COC1CC(C(=O)O)N(C(=O)CCC(C)CNC(=O)OCC2c3ccccc3-c3ccccc32)C1. The number of methoxy groups -OCH3 is 1. The normalized spacial score (nSPS) is 19.7. The average molecular weight is 481 g/mol. The first-order valence-electron chi connectivity index (χ1n) is 12.0. The van der Waals surface area contributed by atoms with Crippen LogP contribution in [0.2, 0.25) is 0 Å². The number of ether oxygens (including phenoxy) is 2. The number of carboxylic acid groups (broad SMARTS) is 1. The highest BCUT2D eigenvalue weighted by atomic mass is 16.5. The molecule has 0 bridgehead atoms. The second-order valence-electron chi connectivity index (χ2n) is 9.34. The zero-order valence-electron chi connectivity index (χ0n) is 20.1. The van der Waals surface area contributed by atoms with Crippen molar-refractivity contribution < 1.29 is 29.0 Å². The van der Waals surface area contributed by atoms with Crippen molar-refractivity contribution in [2.24, 2.45) is 5.92 Å². The molecule has 186 valence electrons. The van der Waals surface area contributed by atoms with E-state index in [-0.39, 0.29) is 36.9 Å². The number of carbonyl (C=O) groups excluding carboxylic acids is 2. The van der Waals surface area contributed by atoms with Gasteiger partial charge in [-0.05, 0) is 34.6 Å². The zero-order chi connectivity index (χ0) is 24.9. The Kier molecular flexibility index (Phi) is 7.70. The molecule has 2 N–H and O–H groups in total. The van der Waals surface area contributed by atoms with Crippen LogP contribution < -0.4 is 5.32 Å². The summed E-state index contributed by atoms with van der Waals surface area (Å²) < 4.78 is 10.8. The summed E-state index contributed by atoms with van der Waals surface area (Å²) in [6, 6.07) is 15.5. The van der Waals surface area contributed by atoms with Crippen molar-refractivity contribution in [3.05, 3.63) is 59.7 Å². The molecule has 1 aliphatic carbocycles. The average Bonchev–Trinajstić information content (AvgIpc) is 3.45. The number of fused-ring (bicyclic) bond motifs is 3. The number of benzene rings is 2. The summed E-state index contributed by atoms with van der Waals surface area (Å²) in [6.45, 7) is 2.85. The molecule has 3 unspecified atom stereocenters. The Morgan fingerprint density at radius 1 is 1.09 bits per heavy atom. The third-order valence-corrected chi connectivity index (χ3v) is 6.99. The van der Waals surface area contributed by atoms with Crippen LogP contribution in [0.4, 0.5) is 4.79 Å². The van der Waals surface area contributed by atoms with Crippen molar-refractivity contribution in [3.8, 4) is 11.1 Å². The molecule has 2 aromatic rings. The minimum Gasteiger partial charge on any atom is -0.480 e. The minimum atomic E-state index is -1.01. The van der Waals surface area contributed by atoms with Crippen molar-refractivity contribution in [1.29, 1.82) is 0 Å². The maximum Gasteiger partial charge on any atom is 0.407 e. The number of amides is 2. The third kappa shape index (κ3) is 5.48. The topological polar surface area (TPSA) is 105 Å². The Bertz CT molecular complexity index is 1040. The first kappa shape index (κ1) is 24.7. The second-order valence-corrected chi connectivity index (χ2v) is 9.34. The van der Waals surface area contributed by atoms with Crippen LogP contribution in [0.25, 0.3) is 11.1 Å². The summed E-state index contributed by atoms with van der Waals surface area (Å²) in [6.07, 6.45) is 0.305. The van der Waals surface area contributed by atoms with Crippen LogP contribution in [0.5, 0.6) is 0 Å². The first-order valence-corrected chi connectivity index (χ1v) is 12.0. The van der Waals surface area contributed by atoms with Gasteiger partial charge in [0.2, 0.25) is 5.91 Å². The van der Waals surface area contributed by atoms with Gasteiger partial charge in [-0.25, -0.2) is 9.59 Å². The lowest BCUT2D eigenvalue weighted by Crippen LogP contribution is -2.40. The molecule has 0 saturated carbocycles. The number of aliphatic carboxylic acids is 1. The second kappa shape index (κ2) is 10.9. The molecule has 2 aromatic carbocycles. The van der Waals surface area contributed by atoms with E-state index in [1.54, 1.807) is 0 Å². The highest BCUT2D eigenvalue weighted by molar-refractivity contribution is 5.84. The molecule has 0 aromatic heterocycles. The summed E-state index contributed by atoms with van der Waals surface area (Å²) in [4.78, 5) is 37.9. The lowest BCUT2D eigenvalue weighted by Gasteiger charge is -2.22. The Hall–Kier alpha value is -3.39. The lowest BCUT2D eigenvalue weighted by atomic mass is 9.98. The van der Waals surface area contributed by atoms with Gasteiger partial charge in [-0.1, -0.05) is 55.5 Å². The Morgan fingerprint density at radius 3 is 2.31 bits per heavy atom. The zero-order valence-corrected chi connectivity index (χ0v) is 20.1. The Balaban J connectivity index is 1.22. The maximum atomic E-state index is 12.6. The van der Waals surface area contributed by atoms with E-state index in [4.69, 9.17) is 9.47 Å². The van der Waals surface area contributed by atoms with Crippen LogP contribution in [0.15, 0.2) is 48.5 Å². The number of carbonyl (C=O) groups is 3. The van der Waals surface area contributed by atoms with Gasteiger partial charge in [0.05, 0.1) is 6.10 Å². The number of carboxylic acids is 1. The fourth-order valence-corrected chi connectivity index (χ4v) is 5.00. The standard InChI is InChI=1S/C27H32N2O6/c1-17(11-12-25(30)29-15-18(34-2)13-24(29)26(31)32)14-28-27(33)35-16-23-21-9-5-3-7-19(21)20-8-4-6-10-22(20)23/h3-10,17-18,23-24H,11-16H2,1-2H3,(H,28,33)(H,31,32). The first-order chi connectivity index (χ1) is 16.9. The highest BCUT2D eigenvalue weighted by Crippen LogP contribution is 2.44. The third-order valence-electron chi connectivity index (χ3n) is 6.99. The lowest BCUT2D eigenvalue weighted by molar-refractivity contribution is -0.148. The smallest absolute Gasteiger partial charge is 0.407 e. The van der Waals surface area contributed by atoms with Gasteiger partial charge >= 0.3 is 12.1 Å². The van der Waals surface area contributed by atoms with Gasteiger partial charge in [0.1, 0.15) is 12.6 Å². The fourth-order valence-electron chi connectivity index (χ4n) is 5.00. The molecule has 1 heterocycles. The molecule has 0 radical (unpaired) electrons. The summed E-state index contributed by atoms with van der Waals surface area (Å²) in [5.41, 5.74) is 4.67. The van der Waals surface area contributed by atoms with Crippen LogP contribution in [-0.2, 0) is 19.1 Å². The van der Waals surface area contributed by atoms with Gasteiger partial charge in [0.15, 0.2) is 0 Å². The highest BCUT2D eigenvalue weighted by Gasteiger charge is 2.39. The maximum absolute atomic E-state index is 12.6. The predicted octanol–water partition coefficient (Wildman–Crippen LogP) is 3.64.